The SMILES string of the molecule is CCn1nc(C(C)N)cc1-c1cccc(C)c1. The molecule has 0 radical (unpaired) electrons. The molecule has 0 aliphatic rings. The van der Waals surface area contributed by atoms with Gasteiger partial charge in [-0.15, -0.1) is 0 Å². The van der Waals surface area contributed by atoms with E-state index in [9.17, 15) is 0 Å². The normalized spacial score (nSPS) is 12.7. The van der Waals surface area contributed by atoms with E-state index in [1.165, 1.54) is 11.1 Å². The molecule has 0 saturated carbocycles. The second kappa shape index (κ2) is 4.72. The van der Waals surface area contributed by atoms with Gasteiger partial charge in [0.2, 0.25) is 0 Å². The minimum Gasteiger partial charge on any atom is -0.323 e. The van der Waals surface area contributed by atoms with E-state index in [0.29, 0.717) is 0 Å². The van der Waals surface area contributed by atoms with E-state index in [2.05, 4.69) is 49.3 Å². The fourth-order valence-electron chi connectivity index (χ4n) is 1.94. The van der Waals surface area contributed by atoms with Gasteiger partial charge < -0.3 is 5.73 Å². The van der Waals surface area contributed by atoms with E-state index in [-0.39, 0.29) is 6.04 Å². The smallest absolute Gasteiger partial charge is 0.0795 e. The Morgan fingerprint density at radius 3 is 2.71 bits per heavy atom. The number of hydrogen-bond acceptors (Lipinski definition) is 2. The monoisotopic (exact) mass is 229 g/mol. The molecule has 1 atom stereocenters. The Hall–Kier alpha value is -1.61. The predicted octanol–water partition coefficient (Wildman–Crippen LogP) is 2.90. The van der Waals surface area contributed by atoms with Crippen LogP contribution in [-0.4, -0.2) is 9.78 Å². The molecule has 2 N–H and O–H groups in total. The molecule has 0 amide bonds. The van der Waals surface area contributed by atoms with Crippen LogP contribution in [0.3, 0.4) is 0 Å². The molecule has 0 aliphatic heterocycles. The first-order valence-electron chi connectivity index (χ1n) is 6.02. The van der Waals surface area contributed by atoms with E-state index in [1.54, 1.807) is 0 Å². The molecule has 1 unspecified atom stereocenters. The predicted molar refractivity (Wildman–Crippen MR) is 70.7 cm³/mol. The van der Waals surface area contributed by atoms with Crippen LogP contribution in [0.4, 0.5) is 0 Å². The van der Waals surface area contributed by atoms with Gasteiger partial charge in [-0.3, -0.25) is 4.68 Å². The summed E-state index contributed by atoms with van der Waals surface area (Å²) in [5.41, 5.74) is 10.4. The molecule has 17 heavy (non-hydrogen) atoms. The fourth-order valence-corrected chi connectivity index (χ4v) is 1.94. The minimum absolute atomic E-state index is 0.0219. The first-order chi connectivity index (χ1) is 8.11. The Morgan fingerprint density at radius 2 is 2.12 bits per heavy atom. The highest BCUT2D eigenvalue weighted by atomic mass is 15.3. The summed E-state index contributed by atoms with van der Waals surface area (Å²) < 4.78 is 2.01. The Labute approximate surface area is 102 Å². The van der Waals surface area contributed by atoms with Crippen molar-refractivity contribution >= 4 is 0 Å². The minimum atomic E-state index is -0.0219. The maximum atomic E-state index is 5.88. The van der Waals surface area contributed by atoms with Crippen LogP contribution in [0.1, 0.15) is 31.1 Å². The Bertz CT molecular complexity index is 512. The molecule has 2 rings (SSSR count). The zero-order valence-electron chi connectivity index (χ0n) is 10.6. The summed E-state index contributed by atoms with van der Waals surface area (Å²) in [7, 11) is 0. The highest BCUT2D eigenvalue weighted by Crippen LogP contribution is 2.23. The van der Waals surface area contributed by atoms with Crippen LogP contribution in [-0.2, 0) is 6.54 Å². The quantitative estimate of drug-likeness (QED) is 0.879. The van der Waals surface area contributed by atoms with Gasteiger partial charge in [-0.25, -0.2) is 0 Å². The van der Waals surface area contributed by atoms with Crippen molar-refractivity contribution in [2.24, 2.45) is 5.73 Å². The summed E-state index contributed by atoms with van der Waals surface area (Å²) in [4.78, 5) is 0. The van der Waals surface area contributed by atoms with Crippen LogP contribution in [0, 0.1) is 6.92 Å². The molecule has 0 saturated heterocycles. The van der Waals surface area contributed by atoms with E-state index in [1.807, 2.05) is 11.6 Å². The molecule has 2 aromatic rings. The van der Waals surface area contributed by atoms with Crippen molar-refractivity contribution in [3.05, 3.63) is 41.6 Å². The Morgan fingerprint density at radius 1 is 1.35 bits per heavy atom. The maximum Gasteiger partial charge on any atom is 0.0795 e. The molecule has 1 aromatic carbocycles. The molecule has 0 fully saturated rings. The molecule has 1 aromatic heterocycles. The van der Waals surface area contributed by atoms with Crippen LogP contribution in [0.15, 0.2) is 30.3 Å². The van der Waals surface area contributed by atoms with E-state index in [0.717, 1.165) is 17.9 Å². The number of aryl methyl sites for hydroxylation is 2. The van der Waals surface area contributed by atoms with Crippen LogP contribution in [0.2, 0.25) is 0 Å². The lowest BCUT2D eigenvalue weighted by Crippen LogP contribution is -2.07. The number of hydrogen-bond donors (Lipinski definition) is 1. The number of nitrogens with two attached hydrogens (primary N) is 1. The molecule has 3 heteroatoms. The van der Waals surface area contributed by atoms with Gasteiger partial charge in [0.15, 0.2) is 0 Å². The number of rotatable bonds is 3. The molecule has 0 spiro atoms. The Kier molecular flexibility index (Phi) is 3.29. The molecular formula is C14H19N3. The lowest BCUT2D eigenvalue weighted by Gasteiger charge is -2.05. The lowest BCUT2D eigenvalue weighted by molar-refractivity contribution is 0.636. The van der Waals surface area contributed by atoms with Gasteiger partial charge in [0.05, 0.1) is 11.4 Å². The summed E-state index contributed by atoms with van der Waals surface area (Å²) in [6.45, 7) is 7.01. The van der Waals surface area contributed by atoms with Crippen LogP contribution in [0.25, 0.3) is 11.3 Å². The molecule has 0 aliphatic carbocycles. The highest BCUT2D eigenvalue weighted by Gasteiger charge is 2.11. The van der Waals surface area contributed by atoms with Crippen LogP contribution < -0.4 is 5.73 Å². The van der Waals surface area contributed by atoms with Gasteiger partial charge in [0.25, 0.3) is 0 Å². The summed E-state index contributed by atoms with van der Waals surface area (Å²) in [6, 6.07) is 10.5. The van der Waals surface area contributed by atoms with Gasteiger partial charge in [0.1, 0.15) is 0 Å². The van der Waals surface area contributed by atoms with E-state index < -0.39 is 0 Å². The third kappa shape index (κ3) is 2.39. The van der Waals surface area contributed by atoms with Gasteiger partial charge in [-0.1, -0.05) is 23.8 Å². The second-order valence-corrected chi connectivity index (χ2v) is 4.43. The second-order valence-electron chi connectivity index (χ2n) is 4.43. The highest BCUT2D eigenvalue weighted by molar-refractivity contribution is 5.61. The van der Waals surface area contributed by atoms with Gasteiger partial charge in [0, 0.05) is 18.2 Å². The van der Waals surface area contributed by atoms with Crippen molar-refractivity contribution in [2.75, 3.05) is 0 Å². The van der Waals surface area contributed by atoms with Crippen LogP contribution in [0.5, 0.6) is 0 Å². The van der Waals surface area contributed by atoms with E-state index >= 15 is 0 Å². The summed E-state index contributed by atoms with van der Waals surface area (Å²) in [6.07, 6.45) is 0. The van der Waals surface area contributed by atoms with Crippen molar-refractivity contribution < 1.29 is 0 Å². The van der Waals surface area contributed by atoms with Gasteiger partial charge in [-0.05, 0) is 32.9 Å². The molecular weight excluding hydrogens is 210 g/mol. The van der Waals surface area contributed by atoms with Crippen molar-refractivity contribution in [2.45, 2.75) is 33.4 Å². The number of benzene rings is 1. The van der Waals surface area contributed by atoms with Crippen molar-refractivity contribution in [3.63, 3.8) is 0 Å². The topological polar surface area (TPSA) is 43.8 Å². The average Bonchev–Trinajstić information content (AvgIpc) is 2.73. The zero-order valence-corrected chi connectivity index (χ0v) is 10.6. The standard InChI is InChI=1S/C14H19N3/c1-4-17-14(9-13(16-17)11(3)15)12-7-5-6-10(2)8-12/h5-9,11H,4,15H2,1-3H3. The number of nitrogens with zero attached hydrogens (tertiary/aromatic N) is 2. The first-order valence-corrected chi connectivity index (χ1v) is 6.02. The van der Waals surface area contributed by atoms with Gasteiger partial charge >= 0.3 is 0 Å². The largest absolute Gasteiger partial charge is 0.323 e. The lowest BCUT2D eigenvalue weighted by atomic mass is 10.1. The number of aromatic nitrogens is 2. The summed E-state index contributed by atoms with van der Waals surface area (Å²) in [5, 5.41) is 4.53. The summed E-state index contributed by atoms with van der Waals surface area (Å²) >= 11 is 0. The summed E-state index contributed by atoms with van der Waals surface area (Å²) in [5.74, 6) is 0. The average molecular weight is 229 g/mol. The zero-order chi connectivity index (χ0) is 12.4. The molecule has 1 heterocycles. The molecule has 0 bridgehead atoms. The van der Waals surface area contributed by atoms with Crippen molar-refractivity contribution in [3.8, 4) is 11.3 Å². The third-order valence-corrected chi connectivity index (χ3v) is 2.88. The Balaban J connectivity index is 2.50. The molecule has 90 valence electrons. The van der Waals surface area contributed by atoms with Crippen molar-refractivity contribution in [1.29, 1.82) is 0 Å². The van der Waals surface area contributed by atoms with Crippen molar-refractivity contribution in [1.82, 2.24) is 9.78 Å². The van der Waals surface area contributed by atoms with Gasteiger partial charge in [-0.2, -0.15) is 5.10 Å². The fraction of sp³-hybridized carbons (Fsp3) is 0.357. The van der Waals surface area contributed by atoms with E-state index in [4.69, 9.17) is 5.73 Å². The van der Waals surface area contributed by atoms with Crippen LogP contribution >= 0.6 is 0 Å². The maximum absolute atomic E-state index is 5.88. The first kappa shape index (κ1) is 11.9. The third-order valence-electron chi connectivity index (χ3n) is 2.88. The molecule has 3 nitrogen and oxygen atoms in total.